The van der Waals surface area contributed by atoms with Crippen LogP contribution in [-0.2, 0) is 6.54 Å². The Balaban J connectivity index is 1.56. The van der Waals surface area contributed by atoms with E-state index in [4.69, 9.17) is 0 Å². The molecule has 2 saturated carbocycles. The van der Waals surface area contributed by atoms with Crippen molar-refractivity contribution in [1.82, 2.24) is 15.2 Å². The number of amides is 2. The summed E-state index contributed by atoms with van der Waals surface area (Å²) in [5.74, 6) is 1.17. The average molecular weight is 334 g/mol. The van der Waals surface area contributed by atoms with Crippen LogP contribution in [0.25, 0.3) is 0 Å². The first-order valence-corrected chi connectivity index (χ1v) is 9.89. The summed E-state index contributed by atoms with van der Waals surface area (Å²) in [7, 11) is 0. The molecule has 2 amide bonds. The van der Waals surface area contributed by atoms with Crippen molar-refractivity contribution in [3.8, 4) is 0 Å². The molecule has 126 valence electrons. The van der Waals surface area contributed by atoms with E-state index >= 15 is 0 Å². The van der Waals surface area contributed by atoms with Crippen molar-refractivity contribution in [2.24, 2.45) is 0 Å². The third kappa shape index (κ3) is 4.87. The lowest BCUT2D eigenvalue weighted by molar-refractivity contribution is 0.184. The second-order valence-electron chi connectivity index (χ2n) is 6.57. The maximum atomic E-state index is 12.7. The normalized spacial score (nSPS) is 24.2. The minimum absolute atomic E-state index is 0.102. The molecule has 2 aliphatic rings. The molecular weight excluding hydrogens is 306 g/mol. The fraction of sp³-hybridized carbons (Fsp3) is 0.667. The third-order valence-corrected chi connectivity index (χ3v) is 5.90. The Hall–Kier alpha value is -1.23. The third-order valence-electron chi connectivity index (χ3n) is 4.66. The highest BCUT2D eigenvalue weighted by Crippen LogP contribution is 2.30. The lowest BCUT2D eigenvalue weighted by Crippen LogP contribution is -2.47. The van der Waals surface area contributed by atoms with Crippen LogP contribution in [-0.4, -0.2) is 39.0 Å². The van der Waals surface area contributed by atoms with Crippen LogP contribution in [0.2, 0.25) is 0 Å². The predicted molar refractivity (Wildman–Crippen MR) is 95.5 cm³/mol. The molecule has 3 rings (SSSR count). The van der Waals surface area contributed by atoms with Crippen molar-refractivity contribution in [1.29, 1.82) is 0 Å². The SMILES string of the molecule is CCS[C@@H]1CCC[C@H](NC(=O)N(Cc2ccccn2)C2CC2)C1. The summed E-state index contributed by atoms with van der Waals surface area (Å²) in [6.45, 7) is 2.84. The molecule has 0 unspecified atom stereocenters. The molecule has 1 heterocycles. The summed E-state index contributed by atoms with van der Waals surface area (Å²) in [6.07, 6.45) is 8.81. The van der Waals surface area contributed by atoms with Crippen LogP contribution in [0.5, 0.6) is 0 Å². The van der Waals surface area contributed by atoms with Gasteiger partial charge >= 0.3 is 6.03 Å². The molecule has 1 aromatic heterocycles. The number of rotatable bonds is 6. The van der Waals surface area contributed by atoms with Crippen LogP contribution in [0.3, 0.4) is 0 Å². The number of nitrogens with one attached hydrogen (secondary N) is 1. The fourth-order valence-electron chi connectivity index (χ4n) is 3.34. The van der Waals surface area contributed by atoms with Crippen LogP contribution in [0, 0.1) is 0 Å². The average Bonchev–Trinajstić information content (AvgIpc) is 3.39. The van der Waals surface area contributed by atoms with Crippen LogP contribution >= 0.6 is 11.8 Å². The maximum absolute atomic E-state index is 12.7. The lowest BCUT2D eigenvalue weighted by Gasteiger charge is -2.31. The standard InChI is InChI=1S/C18H27N3OS/c1-2-23-17-8-5-7-14(12-17)20-18(22)21(16-9-10-16)13-15-6-3-4-11-19-15/h3-4,6,11,14,16-17H,2,5,7-10,12-13H2,1H3,(H,20,22)/t14-,17+/m0/s1. The zero-order valence-corrected chi connectivity index (χ0v) is 14.7. The minimum atomic E-state index is 0.102. The zero-order valence-electron chi connectivity index (χ0n) is 13.9. The molecule has 1 aromatic rings. The van der Waals surface area contributed by atoms with Gasteiger partial charge in [-0.2, -0.15) is 11.8 Å². The Labute approximate surface area is 143 Å². The number of pyridine rings is 1. The van der Waals surface area contributed by atoms with Gasteiger partial charge in [0.1, 0.15) is 0 Å². The highest BCUT2D eigenvalue weighted by molar-refractivity contribution is 7.99. The van der Waals surface area contributed by atoms with Crippen LogP contribution in [0.1, 0.15) is 51.1 Å². The Morgan fingerprint density at radius 1 is 1.35 bits per heavy atom. The molecule has 5 heteroatoms. The first kappa shape index (κ1) is 16.6. The van der Waals surface area contributed by atoms with Crippen molar-refractivity contribution < 1.29 is 4.79 Å². The number of aromatic nitrogens is 1. The topological polar surface area (TPSA) is 45.2 Å². The van der Waals surface area contributed by atoms with Crippen molar-refractivity contribution in [2.45, 2.75) is 69.3 Å². The van der Waals surface area contributed by atoms with Crippen molar-refractivity contribution in [3.05, 3.63) is 30.1 Å². The van der Waals surface area contributed by atoms with Gasteiger partial charge in [-0.3, -0.25) is 4.98 Å². The van der Waals surface area contributed by atoms with Gasteiger partial charge in [0.15, 0.2) is 0 Å². The maximum Gasteiger partial charge on any atom is 0.318 e. The monoisotopic (exact) mass is 333 g/mol. The molecular formula is C18H27N3OS. The minimum Gasteiger partial charge on any atom is -0.335 e. The molecule has 0 aliphatic heterocycles. The molecule has 0 spiro atoms. The van der Waals surface area contributed by atoms with E-state index in [-0.39, 0.29) is 6.03 Å². The molecule has 4 nitrogen and oxygen atoms in total. The summed E-state index contributed by atoms with van der Waals surface area (Å²) < 4.78 is 0. The van der Waals surface area contributed by atoms with Crippen molar-refractivity contribution in [2.75, 3.05) is 5.75 Å². The van der Waals surface area contributed by atoms with E-state index in [2.05, 4.69) is 17.2 Å². The number of hydrogen-bond acceptors (Lipinski definition) is 3. The van der Waals surface area contributed by atoms with Crippen LogP contribution in [0.15, 0.2) is 24.4 Å². The number of thioether (sulfide) groups is 1. The second-order valence-corrected chi connectivity index (χ2v) is 8.15. The molecule has 2 fully saturated rings. The number of hydrogen-bond donors (Lipinski definition) is 1. The van der Waals surface area contributed by atoms with Gasteiger partial charge in [-0.15, -0.1) is 0 Å². The van der Waals surface area contributed by atoms with E-state index in [9.17, 15) is 4.79 Å². The summed E-state index contributed by atoms with van der Waals surface area (Å²) >= 11 is 2.04. The van der Waals surface area contributed by atoms with E-state index in [1.54, 1.807) is 6.20 Å². The second kappa shape index (κ2) is 8.04. The van der Waals surface area contributed by atoms with Gasteiger partial charge in [0.05, 0.1) is 12.2 Å². The number of urea groups is 1. The first-order valence-electron chi connectivity index (χ1n) is 8.85. The Kier molecular flexibility index (Phi) is 5.81. The molecule has 2 aliphatic carbocycles. The van der Waals surface area contributed by atoms with Gasteiger partial charge in [0.2, 0.25) is 0 Å². The fourth-order valence-corrected chi connectivity index (χ4v) is 4.51. The lowest BCUT2D eigenvalue weighted by atomic mass is 9.95. The van der Waals surface area contributed by atoms with Gasteiger partial charge < -0.3 is 10.2 Å². The Bertz CT molecular complexity index is 504. The van der Waals surface area contributed by atoms with Gasteiger partial charge in [0, 0.05) is 23.5 Å². The number of nitrogens with zero attached hydrogens (tertiary/aromatic N) is 2. The van der Waals surface area contributed by atoms with Gasteiger partial charge in [0.25, 0.3) is 0 Å². The number of carbonyl (C=O) groups is 1. The molecule has 0 radical (unpaired) electrons. The molecule has 23 heavy (non-hydrogen) atoms. The molecule has 0 bridgehead atoms. The summed E-state index contributed by atoms with van der Waals surface area (Å²) in [4.78, 5) is 19.1. The van der Waals surface area contributed by atoms with E-state index in [1.807, 2.05) is 34.9 Å². The molecule has 2 atom stereocenters. The van der Waals surface area contributed by atoms with E-state index in [0.717, 1.165) is 31.4 Å². The van der Waals surface area contributed by atoms with Gasteiger partial charge in [-0.25, -0.2) is 4.79 Å². The number of carbonyl (C=O) groups excluding carboxylic acids is 1. The Morgan fingerprint density at radius 2 is 2.22 bits per heavy atom. The van der Waals surface area contributed by atoms with Gasteiger partial charge in [-0.1, -0.05) is 19.4 Å². The van der Waals surface area contributed by atoms with Crippen LogP contribution in [0.4, 0.5) is 4.79 Å². The zero-order chi connectivity index (χ0) is 16.1. The largest absolute Gasteiger partial charge is 0.335 e. The van der Waals surface area contributed by atoms with E-state index in [0.29, 0.717) is 23.9 Å². The Morgan fingerprint density at radius 3 is 2.91 bits per heavy atom. The predicted octanol–water partition coefficient (Wildman–Crippen LogP) is 3.82. The highest BCUT2D eigenvalue weighted by atomic mass is 32.2. The molecule has 0 aromatic carbocycles. The summed E-state index contributed by atoms with van der Waals surface area (Å²) in [5.41, 5.74) is 0.970. The van der Waals surface area contributed by atoms with Crippen LogP contribution < -0.4 is 5.32 Å². The highest BCUT2D eigenvalue weighted by Gasteiger charge is 2.34. The quantitative estimate of drug-likeness (QED) is 0.861. The summed E-state index contributed by atoms with van der Waals surface area (Å²) in [5, 5.41) is 4.01. The smallest absolute Gasteiger partial charge is 0.318 e. The van der Waals surface area contributed by atoms with E-state index < -0.39 is 0 Å². The van der Waals surface area contributed by atoms with Crippen molar-refractivity contribution in [3.63, 3.8) is 0 Å². The first-order chi connectivity index (χ1) is 11.3. The summed E-state index contributed by atoms with van der Waals surface area (Å²) in [6, 6.07) is 6.74. The molecule has 1 N–H and O–H groups in total. The van der Waals surface area contributed by atoms with Crippen molar-refractivity contribution >= 4 is 17.8 Å². The van der Waals surface area contributed by atoms with E-state index in [1.165, 1.54) is 18.6 Å². The van der Waals surface area contributed by atoms with Gasteiger partial charge in [-0.05, 0) is 50.0 Å². The molecule has 0 saturated heterocycles.